The summed E-state index contributed by atoms with van der Waals surface area (Å²) in [7, 11) is 0. The van der Waals surface area contributed by atoms with E-state index in [2.05, 4.69) is 59.7 Å². The summed E-state index contributed by atoms with van der Waals surface area (Å²) in [6.45, 7) is 12.8. The zero-order chi connectivity index (χ0) is 11.6. The van der Waals surface area contributed by atoms with Crippen molar-refractivity contribution in [2.45, 2.75) is 47.1 Å². The van der Waals surface area contributed by atoms with Gasteiger partial charge < -0.3 is 4.74 Å². The van der Waals surface area contributed by atoms with Gasteiger partial charge in [0.25, 0.3) is 0 Å². The number of hydrogen-bond acceptors (Lipinski definition) is 1. The Morgan fingerprint density at radius 2 is 1.73 bits per heavy atom. The van der Waals surface area contributed by atoms with Crippen molar-refractivity contribution >= 4 is 0 Å². The second-order valence-electron chi connectivity index (χ2n) is 5.13. The van der Waals surface area contributed by atoms with E-state index in [4.69, 9.17) is 4.74 Å². The van der Waals surface area contributed by atoms with E-state index in [-0.39, 0.29) is 5.60 Å². The average Bonchev–Trinajstić information content (AvgIpc) is 2.09. The molecule has 0 radical (unpaired) electrons. The largest absolute Gasteiger partial charge is 0.487 e. The molecule has 0 N–H and O–H groups in total. The summed E-state index contributed by atoms with van der Waals surface area (Å²) in [5.74, 6) is 1.50. The first-order valence-corrected chi connectivity index (χ1v) is 5.59. The summed E-state index contributed by atoms with van der Waals surface area (Å²) in [6.07, 6.45) is 0. The van der Waals surface area contributed by atoms with Gasteiger partial charge in [-0.3, -0.25) is 0 Å². The Balaban J connectivity index is 2.90. The van der Waals surface area contributed by atoms with Gasteiger partial charge in [0.05, 0.1) is 0 Å². The molecule has 0 amide bonds. The molecule has 1 rings (SSSR count). The van der Waals surface area contributed by atoms with Crippen LogP contribution in [-0.2, 0) is 0 Å². The van der Waals surface area contributed by atoms with Crippen molar-refractivity contribution in [3.05, 3.63) is 29.3 Å². The summed E-state index contributed by atoms with van der Waals surface area (Å²) in [5.41, 5.74) is 2.38. The fraction of sp³-hybridized carbons (Fsp3) is 0.571. The topological polar surface area (TPSA) is 9.23 Å². The molecule has 1 aromatic rings. The van der Waals surface area contributed by atoms with Crippen molar-refractivity contribution < 1.29 is 4.74 Å². The van der Waals surface area contributed by atoms with Gasteiger partial charge in [-0.25, -0.2) is 0 Å². The first-order valence-electron chi connectivity index (χ1n) is 5.59. The maximum absolute atomic E-state index is 6.05. The minimum Gasteiger partial charge on any atom is -0.487 e. The summed E-state index contributed by atoms with van der Waals surface area (Å²) in [5, 5.41) is 0. The third kappa shape index (κ3) is 2.98. The smallest absolute Gasteiger partial charge is 0.123 e. The van der Waals surface area contributed by atoms with Gasteiger partial charge in [-0.2, -0.15) is 0 Å². The standard InChI is InChI=1S/C14H22O/c1-10(2)14(5,6)15-13-8-7-11(3)9-12(13)4/h7-10H,1-6H3. The van der Waals surface area contributed by atoms with E-state index in [1.165, 1.54) is 11.1 Å². The molecular formula is C14H22O. The van der Waals surface area contributed by atoms with Crippen molar-refractivity contribution in [2.75, 3.05) is 0 Å². The van der Waals surface area contributed by atoms with E-state index in [0.29, 0.717) is 5.92 Å². The molecule has 0 aromatic heterocycles. The van der Waals surface area contributed by atoms with E-state index < -0.39 is 0 Å². The van der Waals surface area contributed by atoms with E-state index in [0.717, 1.165) is 5.75 Å². The Labute approximate surface area is 93.5 Å². The fourth-order valence-corrected chi connectivity index (χ4v) is 1.32. The van der Waals surface area contributed by atoms with Crippen LogP contribution in [0.4, 0.5) is 0 Å². The molecule has 0 spiro atoms. The van der Waals surface area contributed by atoms with Crippen molar-refractivity contribution in [2.24, 2.45) is 5.92 Å². The maximum atomic E-state index is 6.05. The van der Waals surface area contributed by atoms with Crippen LogP contribution in [0.1, 0.15) is 38.8 Å². The molecule has 84 valence electrons. The van der Waals surface area contributed by atoms with Crippen LogP contribution in [0.2, 0.25) is 0 Å². The first kappa shape index (κ1) is 12.1. The zero-order valence-corrected chi connectivity index (χ0v) is 10.7. The molecule has 0 saturated heterocycles. The fourth-order valence-electron chi connectivity index (χ4n) is 1.32. The van der Waals surface area contributed by atoms with Crippen LogP contribution in [0.5, 0.6) is 5.75 Å². The van der Waals surface area contributed by atoms with Gasteiger partial charge in [-0.05, 0) is 45.2 Å². The number of benzene rings is 1. The van der Waals surface area contributed by atoms with Crippen LogP contribution in [0, 0.1) is 19.8 Å². The molecule has 15 heavy (non-hydrogen) atoms. The quantitative estimate of drug-likeness (QED) is 0.723. The van der Waals surface area contributed by atoms with Crippen molar-refractivity contribution in [1.29, 1.82) is 0 Å². The van der Waals surface area contributed by atoms with Gasteiger partial charge in [0.1, 0.15) is 11.4 Å². The van der Waals surface area contributed by atoms with Crippen molar-refractivity contribution in [3.63, 3.8) is 0 Å². The van der Waals surface area contributed by atoms with Gasteiger partial charge in [0.15, 0.2) is 0 Å². The molecule has 1 nitrogen and oxygen atoms in total. The Bertz CT molecular complexity index is 337. The lowest BCUT2D eigenvalue weighted by molar-refractivity contribution is 0.0592. The number of aryl methyl sites for hydroxylation is 2. The maximum Gasteiger partial charge on any atom is 0.123 e. The van der Waals surface area contributed by atoms with Crippen molar-refractivity contribution in [1.82, 2.24) is 0 Å². The van der Waals surface area contributed by atoms with E-state index >= 15 is 0 Å². The van der Waals surface area contributed by atoms with Crippen LogP contribution >= 0.6 is 0 Å². The van der Waals surface area contributed by atoms with E-state index in [1.54, 1.807) is 0 Å². The molecule has 0 atom stereocenters. The SMILES string of the molecule is Cc1ccc(OC(C)(C)C(C)C)c(C)c1. The minimum absolute atomic E-state index is 0.111. The van der Waals surface area contributed by atoms with E-state index in [9.17, 15) is 0 Å². The van der Waals surface area contributed by atoms with Crippen LogP contribution in [0.25, 0.3) is 0 Å². The second-order valence-corrected chi connectivity index (χ2v) is 5.13. The second kappa shape index (κ2) is 4.26. The number of rotatable bonds is 3. The molecule has 0 fully saturated rings. The molecule has 0 aliphatic heterocycles. The molecule has 1 heteroatoms. The molecule has 0 heterocycles. The Kier molecular flexibility index (Phi) is 3.43. The first-order chi connectivity index (χ1) is 6.83. The highest BCUT2D eigenvalue weighted by atomic mass is 16.5. The summed E-state index contributed by atoms with van der Waals surface area (Å²) in [4.78, 5) is 0. The normalized spacial score (nSPS) is 11.9. The predicted molar refractivity (Wildman–Crippen MR) is 65.5 cm³/mol. The summed E-state index contributed by atoms with van der Waals surface area (Å²) in [6, 6.07) is 6.32. The Hall–Kier alpha value is -0.980. The molecule has 0 aliphatic rings. The van der Waals surface area contributed by atoms with Crippen molar-refractivity contribution in [3.8, 4) is 5.75 Å². The summed E-state index contributed by atoms with van der Waals surface area (Å²) < 4.78 is 6.05. The highest BCUT2D eigenvalue weighted by Crippen LogP contribution is 2.27. The monoisotopic (exact) mass is 206 g/mol. The Morgan fingerprint density at radius 3 is 2.20 bits per heavy atom. The molecule has 1 aromatic carbocycles. The van der Waals surface area contributed by atoms with Gasteiger partial charge in [0.2, 0.25) is 0 Å². The van der Waals surface area contributed by atoms with Crippen LogP contribution in [-0.4, -0.2) is 5.60 Å². The van der Waals surface area contributed by atoms with E-state index in [1.807, 2.05) is 0 Å². The molecule has 0 unspecified atom stereocenters. The summed E-state index contributed by atoms with van der Waals surface area (Å²) >= 11 is 0. The van der Waals surface area contributed by atoms with Gasteiger partial charge >= 0.3 is 0 Å². The van der Waals surface area contributed by atoms with Crippen LogP contribution in [0.15, 0.2) is 18.2 Å². The molecule has 0 aliphatic carbocycles. The third-order valence-electron chi connectivity index (χ3n) is 3.09. The highest BCUT2D eigenvalue weighted by molar-refractivity contribution is 5.36. The lowest BCUT2D eigenvalue weighted by Gasteiger charge is -2.31. The highest BCUT2D eigenvalue weighted by Gasteiger charge is 2.24. The molecule has 0 bridgehead atoms. The average molecular weight is 206 g/mol. The predicted octanol–water partition coefficient (Wildman–Crippen LogP) is 4.12. The number of hydrogen-bond donors (Lipinski definition) is 0. The van der Waals surface area contributed by atoms with Crippen LogP contribution in [0.3, 0.4) is 0 Å². The molecule has 0 saturated carbocycles. The molecular weight excluding hydrogens is 184 g/mol. The third-order valence-corrected chi connectivity index (χ3v) is 3.09. The number of ether oxygens (including phenoxy) is 1. The zero-order valence-electron chi connectivity index (χ0n) is 10.7. The van der Waals surface area contributed by atoms with Gasteiger partial charge in [0, 0.05) is 0 Å². The van der Waals surface area contributed by atoms with Gasteiger partial charge in [-0.15, -0.1) is 0 Å². The minimum atomic E-state index is -0.111. The van der Waals surface area contributed by atoms with Gasteiger partial charge in [-0.1, -0.05) is 31.5 Å². The Morgan fingerprint density at radius 1 is 1.13 bits per heavy atom. The lowest BCUT2D eigenvalue weighted by atomic mass is 9.94. The lowest BCUT2D eigenvalue weighted by Crippen LogP contribution is -2.34. The van der Waals surface area contributed by atoms with Crippen LogP contribution < -0.4 is 4.74 Å².